The Morgan fingerprint density at radius 3 is 2.62 bits per heavy atom. The van der Waals surface area contributed by atoms with E-state index >= 15 is 0 Å². The van der Waals surface area contributed by atoms with E-state index in [0.29, 0.717) is 39.6 Å². The lowest BCUT2D eigenvalue weighted by molar-refractivity contribution is -0.134. The third kappa shape index (κ3) is 5.57. The van der Waals surface area contributed by atoms with Crippen molar-refractivity contribution in [2.45, 2.75) is 26.3 Å². The third-order valence-corrected chi connectivity index (χ3v) is 5.40. The molecule has 0 unspecified atom stereocenters. The predicted octanol–water partition coefficient (Wildman–Crippen LogP) is 3.26. The zero-order valence-corrected chi connectivity index (χ0v) is 18.9. The monoisotopic (exact) mass is 476 g/mol. The van der Waals surface area contributed by atoms with E-state index in [4.69, 9.17) is 23.2 Å². The molecule has 2 aromatic carbocycles. The van der Waals surface area contributed by atoms with Crippen LogP contribution >= 0.6 is 23.2 Å². The number of carbonyl (C=O) groups excluding carboxylic acids is 2. The number of fused-ring (bicyclic) bond motifs is 1. The van der Waals surface area contributed by atoms with Crippen molar-refractivity contribution in [2.24, 2.45) is 0 Å². The summed E-state index contributed by atoms with van der Waals surface area (Å²) in [4.78, 5) is 53.3. The third-order valence-electron chi connectivity index (χ3n) is 4.84. The molecule has 0 aliphatic carbocycles. The van der Waals surface area contributed by atoms with E-state index in [1.807, 2.05) is 6.92 Å². The average molecular weight is 477 g/mol. The normalized spacial score (nSPS) is 10.8. The number of hydrogen-bond acceptors (Lipinski definition) is 4. The van der Waals surface area contributed by atoms with Gasteiger partial charge in [0.2, 0.25) is 11.8 Å². The number of aryl methyl sites for hydroxylation is 1. The van der Waals surface area contributed by atoms with Gasteiger partial charge in [-0.25, -0.2) is 4.79 Å². The summed E-state index contributed by atoms with van der Waals surface area (Å²) in [6.45, 7) is 2.16. The van der Waals surface area contributed by atoms with E-state index in [2.05, 4.69) is 10.3 Å². The molecular weight excluding hydrogens is 455 g/mol. The molecule has 0 bridgehead atoms. The van der Waals surface area contributed by atoms with E-state index in [9.17, 15) is 19.2 Å². The number of hydrogen-bond donors (Lipinski definition) is 2. The van der Waals surface area contributed by atoms with Crippen molar-refractivity contribution in [3.63, 3.8) is 0 Å². The highest BCUT2D eigenvalue weighted by molar-refractivity contribution is 6.35. The van der Waals surface area contributed by atoms with E-state index < -0.39 is 17.2 Å². The number of nitrogens with one attached hydrogen (secondary N) is 2. The number of anilines is 1. The number of H-pyrrole nitrogens is 1. The van der Waals surface area contributed by atoms with Crippen LogP contribution in [0.25, 0.3) is 10.9 Å². The van der Waals surface area contributed by atoms with Gasteiger partial charge in [0, 0.05) is 24.5 Å². The lowest BCUT2D eigenvalue weighted by Gasteiger charge is -2.22. The summed E-state index contributed by atoms with van der Waals surface area (Å²) in [5, 5.41) is 3.78. The topological polar surface area (TPSA) is 104 Å². The summed E-state index contributed by atoms with van der Waals surface area (Å²) < 4.78 is 1.35. The first-order valence-electron chi connectivity index (χ1n) is 10.0. The van der Waals surface area contributed by atoms with Gasteiger partial charge in [0.25, 0.3) is 5.56 Å². The summed E-state index contributed by atoms with van der Waals surface area (Å²) in [5.74, 6) is -0.705. The molecule has 0 radical (unpaired) electrons. The number of halogens is 2. The van der Waals surface area contributed by atoms with Crippen molar-refractivity contribution in [1.82, 2.24) is 14.5 Å². The van der Waals surface area contributed by atoms with Gasteiger partial charge in [-0.05, 0) is 36.8 Å². The molecule has 0 aliphatic heterocycles. The molecule has 0 fully saturated rings. The largest absolute Gasteiger partial charge is 0.333 e. The number of benzene rings is 2. The molecule has 0 spiro atoms. The van der Waals surface area contributed by atoms with E-state index in [0.717, 1.165) is 0 Å². The van der Waals surface area contributed by atoms with Crippen molar-refractivity contribution >= 4 is 51.6 Å². The molecule has 168 valence electrons. The number of carbonyl (C=O) groups is 2. The van der Waals surface area contributed by atoms with Crippen molar-refractivity contribution < 1.29 is 9.59 Å². The van der Waals surface area contributed by atoms with Gasteiger partial charge in [0.15, 0.2) is 0 Å². The predicted molar refractivity (Wildman–Crippen MR) is 125 cm³/mol. The van der Waals surface area contributed by atoms with Crippen LogP contribution in [-0.2, 0) is 16.1 Å². The zero-order valence-electron chi connectivity index (χ0n) is 17.4. The number of aromatic amines is 1. The van der Waals surface area contributed by atoms with E-state index in [-0.39, 0.29) is 25.4 Å². The molecular formula is C22H22Cl2N4O4. The summed E-state index contributed by atoms with van der Waals surface area (Å²) in [6, 6.07) is 11.4. The Balaban J connectivity index is 1.71. The average Bonchev–Trinajstić information content (AvgIpc) is 2.75. The molecule has 2 amide bonds. The highest BCUT2D eigenvalue weighted by Gasteiger charge is 2.18. The quantitative estimate of drug-likeness (QED) is 0.520. The molecule has 8 nitrogen and oxygen atoms in total. The molecule has 1 heterocycles. The fourth-order valence-electron chi connectivity index (χ4n) is 3.35. The van der Waals surface area contributed by atoms with Crippen LogP contribution in [0.1, 0.15) is 19.8 Å². The van der Waals surface area contributed by atoms with Gasteiger partial charge in [0.05, 0.1) is 28.2 Å². The Bertz CT molecular complexity index is 1270. The van der Waals surface area contributed by atoms with Crippen LogP contribution < -0.4 is 16.6 Å². The maximum Gasteiger partial charge on any atom is 0.328 e. The summed E-state index contributed by atoms with van der Waals surface area (Å²) in [6.07, 6.45) is 0.639. The number of para-hydroxylation sites is 1. The first kappa shape index (κ1) is 23.6. The van der Waals surface area contributed by atoms with Crippen LogP contribution in [0.4, 0.5) is 5.69 Å². The SMILES string of the molecule is CCCN(CC(=O)Nc1cc(Cl)ccc1Cl)C(=O)CCn1c(=O)[nH]c(=O)c2ccccc21. The van der Waals surface area contributed by atoms with Crippen LogP contribution in [0.15, 0.2) is 52.1 Å². The summed E-state index contributed by atoms with van der Waals surface area (Å²) in [5.41, 5.74) is -0.252. The Kier molecular flexibility index (Phi) is 7.71. The van der Waals surface area contributed by atoms with Crippen LogP contribution in [0, 0.1) is 0 Å². The molecule has 3 aromatic rings. The minimum atomic E-state index is -0.586. The maximum absolute atomic E-state index is 12.8. The van der Waals surface area contributed by atoms with Crippen molar-refractivity contribution in [3.05, 3.63) is 73.3 Å². The maximum atomic E-state index is 12.8. The first-order chi connectivity index (χ1) is 15.3. The molecule has 3 rings (SSSR count). The standard InChI is InChI=1S/C22H22Cl2N4O4/c1-2-10-27(13-19(29)25-17-12-14(23)7-8-16(17)24)20(30)9-11-28-18-6-4-3-5-15(18)21(31)26-22(28)32/h3-8,12H,2,9-11,13H2,1H3,(H,25,29)(H,26,31,32). The minimum absolute atomic E-state index is 0.0128. The molecule has 2 N–H and O–H groups in total. The minimum Gasteiger partial charge on any atom is -0.333 e. The summed E-state index contributed by atoms with van der Waals surface area (Å²) >= 11 is 12.0. The van der Waals surface area contributed by atoms with Gasteiger partial charge in [-0.1, -0.05) is 42.3 Å². The van der Waals surface area contributed by atoms with E-state index in [1.165, 1.54) is 15.5 Å². The first-order valence-corrected chi connectivity index (χ1v) is 10.8. The second-order valence-electron chi connectivity index (χ2n) is 7.17. The second kappa shape index (κ2) is 10.5. The second-order valence-corrected chi connectivity index (χ2v) is 8.01. The molecule has 0 aliphatic rings. The highest BCUT2D eigenvalue weighted by atomic mass is 35.5. The number of amides is 2. The Labute approximate surface area is 193 Å². The number of aromatic nitrogens is 2. The molecule has 0 saturated heterocycles. The van der Waals surface area contributed by atoms with Crippen molar-refractivity contribution in [2.75, 3.05) is 18.4 Å². The fraction of sp³-hybridized carbons (Fsp3) is 0.273. The fourth-order valence-corrected chi connectivity index (χ4v) is 3.69. The number of nitrogens with zero attached hydrogens (tertiary/aromatic N) is 2. The van der Waals surface area contributed by atoms with E-state index in [1.54, 1.807) is 36.4 Å². The number of rotatable bonds is 8. The molecule has 0 atom stereocenters. The van der Waals surface area contributed by atoms with Gasteiger partial charge in [0.1, 0.15) is 0 Å². The van der Waals surface area contributed by atoms with Gasteiger partial charge in [-0.15, -0.1) is 0 Å². The van der Waals surface area contributed by atoms with Crippen LogP contribution in [0.3, 0.4) is 0 Å². The lowest BCUT2D eigenvalue weighted by Crippen LogP contribution is -2.39. The van der Waals surface area contributed by atoms with Gasteiger partial charge in [-0.3, -0.25) is 23.9 Å². The summed E-state index contributed by atoms with van der Waals surface area (Å²) in [7, 11) is 0. The smallest absolute Gasteiger partial charge is 0.328 e. The molecule has 32 heavy (non-hydrogen) atoms. The zero-order chi connectivity index (χ0) is 23.3. The Morgan fingerprint density at radius 2 is 1.88 bits per heavy atom. The van der Waals surface area contributed by atoms with Crippen molar-refractivity contribution in [1.29, 1.82) is 0 Å². The van der Waals surface area contributed by atoms with Gasteiger partial charge in [-0.2, -0.15) is 0 Å². The Morgan fingerprint density at radius 1 is 1.12 bits per heavy atom. The van der Waals surface area contributed by atoms with Crippen LogP contribution in [0.2, 0.25) is 10.0 Å². The molecule has 0 saturated carbocycles. The Hall–Kier alpha value is -3.10. The lowest BCUT2D eigenvalue weighted by atomic mass is 10.2. The highest BCUT2D eigenvalue weighted by Crippen LogP contribution is 2.25. The van der Waals surface area contributed by atoms with Crippen LogP contribution in [0.5, 0.6) is 0 Å². The van der Waals surface area contributed by atoms with Gasteiger partial charge >= 0.3 is 5.69 Å². The van der Waals surface area contributed by atoms with Crippen molar-refractivity contribution in [3.8, 4) is 0 Å². The van der Waals surface area contributed by atoms with Gasteiger partial charge < -0.3 is 10.2 Å². The van der Waals surface area contributed by atoms with Crippen LogP contribution in [-0.4, -0.2) is 39.4 Å². The molecule has 10 heteroatoms. The molecule has 1 aromatic heterocycles.